The van der Waals surface area contributed by atoms with E-state index in [4.69, 9.17) is 4.74 Å². The fraction of sp³-hybridized carbons (Fsp3) is 0.333. The molecule has 0 aliphatic carbocycles. The van der Waals surface area contributed by atoms with Crippen molar-refractivity contribution in [2.75, 3.05) is 13.2 Å². The normalized spacial score (nSPS) is 14.3. The van der Waals surface area contributed by atoms with Crippen molar-refractivity contribution in [3.05, 3.63) is 71.4 Å². The number of esters is 1. The molecule has 0 fully saturated rings. The smallest absolute Gasteiger partial charge is 0.318 e. The van der Waals surface area contributed by atoms with Crippen LogP contribution in [-0.4, -0.2) is 34.6 Å². The Balaban J connectivity index is 1.54. The van der Waals surface area contributed by atoms with Gasteiger partial charge in [0.05, 0.1) is 19.1 Å². The summed E-state index contributed by atoms with van der Waals surface area (Å²) in [5, 5.41) is 4.31. The largest absolute Gasteiger partial charge is 0.466 e. The first-order valence-electron chi connectivity index (χ1n) is 10.4. The number of carbonyl (C=O) groups excluding carboxylic acids is 2. The second-order valence-corrected chi connectivity index (χ2v) is 7.67. The van der Waals surface area contributed by atoms with Crippen LogP contribution in [0.25, 0.3) is 10.9 Å². The molecule has 4 rings (SSSR count). The molecule has 6 heteroatoms. The zero-order chi connectivity index (χ0) is 21.1. The zero-order valence-corrected chi connectivity index (χ0v) is 17.4. The third-order valence-electron chi connectivity index (χ3n) is 5.65. The van der Waals surface area contributed by atoms with Gasteiger partial charge in [-0.1, -0.05) is 42.5 Å². The number of urea groups is 1. The number of nitrogens with one attached hydrogen (secondary N) is 1. The summed E-state index contributed by atoms with van der Waals surface area (Å²) in [6.45, 7) is 3.27. The third kappa shape index (κ3) is 4.03. The quantitative estimate of drug-likeness (QED) is 0.654. The summed E-state index contributed by atoms with van der Waals surface area (Å²) in [5.41, 5.74) is 4.50. The maximum Gasteiger partial charge on any atom is 0.318 e. The van der Waals surface area contributed by atoms with E-state index in [1.165, 1.54) is 16.5 Å². The van der Waals surface area contributed by atoms with Gasteiger partial charge in [0.2, 0.25) is 0 Å². The molecular weight excluding hydrogens is 378 g/mol. The molecule has 0 unspecified atom stereocenters. The van der Waals surface area contributed by atoms with Crippen LogP contribution in [0.15, 0.2) is 54.7 Å². The van der Waals surface area contributed by atoms with Crippen molar-refractivity contribution in [2.45, 2.75) is 32.4 Å². The Morgan fingerprint density at radius 1 is 1.10 bits per heavy atom. The third-order valence-corrected chi connectivity index (χ3v) is 5.65. The van der Waals surface area contributed by atoms with Crippen molar-refractivity contribution in [3.8, 4) is 0 Å². The summed E-state index contributed by atoms with van der Waals surface area (Å²) in [5.74, 6) is -0.319. The summed E-state index contributed by atoms with van der Waals surface area (Å²) in [6.07, 6.45) is 3.06. The van der Waals surface area contributed by atoms with Gasteiger partial charge in [-0.15, -0.1) is 0 Å². The lowest BCUT2D eigenvalue weighted by Crippen LogP contribution is -2.42. The summed E-state index contributed by atoms with van der Waals surface area (Å²) in [7, 11) is 2.06. The standard InChI is InChI=1S/C24H27N3O3/c1-3-30-22(28)14-20(17-8-5-4-6-9-17)25-24(29)27-13-12-19-15-26(2)21-11-7-10-18(16-27)23(19)21/h4-11,15,20H,3,12-14,16H2,1-2H3,(H,25,29)/t20-/m0/s1. The molecule has 2 heterocycles. The van der Waals surface area contributed by atoms with Gasteiger partial charge in [0.25, 0.3) is 0 Å². The monoisotopic (exact) mass is 405 g/mol. The minimum atomic E-state index is -0.430. The van der Waals surface area contributed by atoms with E-state index in [9.17, 15) is 9.59 Å². The summed E-state index contributed by atoms with van der Waals surface area (Å²) < 4.78 is 7.26. The van der Waals surface area contributed by atoms with E-state index in [1.54, 1.807) is 6.92 Å². The Kier molecular flexibility index (Phi) is 5.74. The summed E-state index contributed by atoms with van der Waals surface area (Å²) in [6, 6.07) is 15.2. The van der Waals surface area contributed by atoms with E-state index in [1.807, 2.05) is 41.3 Å². The number of ether oxygens (including phenoxy) is 1. The molecule has 30 heavy (non-hydrogen) atoms. The van der Waals surface area contributed by atoms with Crippen LogP contribution in [0.2, 0.25) is 0 Å². The molecule has 1 aromatic heterocycles. The average Bonchev–Trinajstić information content (AvgIpc) is 2.95. The number of hydrogen-bond donors (Lipinski definition) is 1. The van der Waals surface area contributed by atoms with Crippen LogP contribution in [0.5, 0.6) is 0 Å². The second-order valence-electron chi connectivity index (χ2n) is 7.67. The van der Waals surface area contributed by atoms with Crippen molar-refractivity contribution in [1.82, 2.24) is 14.8 Å². The van der Waals surface area contributed by atoms with Gasteiger partial charge >= 0.3 is 12.0 Å². The van der Waals surface area contributed by atoms with Crippen LogP contribution in [0.4, 0.5) is 4.79 Å². The molecule has 156 valence electrons. The first-order chi connectivity index (χ1) is 14.6. The summed E-state index contributed by atoms with van der Waals surface area (Å²) >= 11 is 0. The molecule has 1 atom stereocenters. The Hall–Kier alpha value is -3.28. The van der Waals surface area contributed by atoms with Gasteiger partial charge in [0.15, 0.2) is 0 Å². The molecule has 0 saturated carbocycles. The first kappa shape index (κ1) is 20.0. The van der Waals surface area contributed by atoms with E-state index in [0.717, 1.165) is 17.5 Å². The van der Waals surface area contributed by atoms with Gasteiger partial charge in [-0.25, -0.2) is 4.79 Å². The predicted octanol–water partition coefficient (Wildman–Crippen LogP) is 3.94. The molecule has 0 bridgehead atoms. The highest BCUT2D eigenvalue weighted by Gasteiger charge is 2.25. The lowest BCUT2D eigenvalue weighted by Gasteiger charge is -2.26. The van der Waals surface area contributed by atoms with Crippen LogP contribution >= 0.6 is 0 Å². The number of benzene rings is 2. The van der Waals surface area contributed by atoms with Crippen LogP contribution < -0.4 is 5.32 Å². The van der Waals surface area contributed by atoms with Crippen molar-refractivity contribution in [3.63, 3.8) is 0 Å². The molecule has 0 spiro atoms. The van der Waals surface area contributed by atoms with Crippen molar-refractivity contribution in [1.29, 1.82) is 0 Å². The number of aromatic nitrogens is 1. The van der Waals surface area contributed by atoms with E-state index in [2.05, 4.69) is 35.3 Å². The number of rotatable bonds is 5. The van der Waals surface area contributed by atoms with Crippen molar-refractivity contribution in [2.24, 2.45) is 7.05 Å². The maximum atomic E-state index is 13.2. The first-order valence-corrected chi connectivity index (χ1v) is 10.4. The van der Waals surface area contributed by atoms with Gasteiger partial charge < -0.3 is 19.5 Å². The molecule has 0 radical (unpaired) electrons. The fourth-order valence-corrected chi connectivity index (χ4v) is 4.22. The Bertz CT molecular complexity index is 1060. The topological polar surface area (TPSA) is 63.6 Å². The molecule has 1 N–H and O–H groups in total. The van der Waals surface area contributed by atoms with Crippen LogP contribution in [0, 0.1) is 0 Å². The average molecular weight is 405 g/mol. The van der Waals surface area contributed by atoms with Crippen LogP contribution in [0.3, 0.4) is 0 Å². The van der Waals surface area contributed by atoms with Gasteiger partial charge in [-0.3, -0.25) is 4.79 Å². The highest BCUT2D eigenvalue weighted by atomic mass is 16.5. The molecule has 2 aromatic carbocycles. The molecule has 3 aromatic rings. The minimum absolute atomic E-state index is 0.105. The molecule has 6 nitrogen and oxygen atoms in total. The molecule has 1 aliphatic heterocycles. The molecule has 2 amide bonds. The van der Waals surface area contributed by atoms with E-state index < -0.39 is 6.04 Å². The highest BCUT2D eigenvalue weighted by Crippen LogP contribution is 2.29. The van der Waals surface area contributed by atoms with E-state index in [0.29, 0.717) is 19.7 Å². The maximum absolute atomic E-state index is 13.2. The van der Waals surface area contributed by atoms with Crippen LogP contribution in [0.1, 0.15) is 36.1 Å². The molecule has 0 saturated heterocycles. The van der Waals surface area contributed by atoms with E-state index in [-0.39, 0.29) is 18.4 Å². The van der Waals surface area contributed by atoms with Gasteiger partial charge in [0, 0.05) is 37.2 Å². The van der Waals surface area contributed by atoms with Gasteiger partial charge in [-0.05, 0) is 36.1 Å². The number of carbonyl (C=O) groups is 2. The lowest BCUT2D eigenvalue weighted by molar-refractivity contribution is -0.143. The Labute approximate surface area is 176 Å². The SMILES string of the molecule is CCOC(=O)C[C@H](NC(=O)N1CCc2cn(C)c3cccc(c23)C1)c1ccccc1. The second kappa shape index (κ2) is 8.61. The zero-order valence-electron chi connectivity index (χ0n) is 17.4. The number of amides is 2. The molecule has 1 aliphatic rings. The van der Waals surface area contributed by atoms with Crippen LogP contribution in [-0.2, 0) is 29.5 Å². The number of hydrogen-bond acceptors (Lipinski definition) is 3. The predicted molar refractivity (Wildman–Crippen MR) is 116 cm³/mol. The summed E-state index contributed by atoms with van der Waals surface area (Å²) in [4.78, 5) is 27.1. The van der Waals surface area contributed by atoms with Gasteiger partial charge in [-0.2, -0.15) is 0 Å². The highest BCUT2D eigenvalue weighted by molar-refractivity contribution is 5.88. The number of aryl methyl sites for hydroxylation is 1. The van der Waals surface area contributed by atoms with E-state index >= 15 is 0 Å². The fourth-order valence-electron chi connectivity index (χ4n) is 4.22. The molecular formula is C24H27N3O3. The Morgan fingerprint density at radius 2 is 1.90 bits per heavy atom. The van der Waals surface area contributed by atoms with Gasteiger partial charge in [0.1, 0.15) is 0 Å². The van der Waals surface area contributed by atoms with Crippen molar-refractivity contribution >= 4 is 22.9 Å². The number of nitrogens with zero attached hydrogens (tertiary/aromatic N) is 2. The minimum Gasteiger partial charge on any atom is -0.466 e. The Morgan fingerprint density at radius 3 is 2.67 bits per heavy atom. The van der Waals surface area contributed by atoms with Crippen molar-refractivity contribution < 1.29 is 14.3 Å². The lowest BCUT2D eigenvalue weighted by atomic mass is 10.0.